The SMILES string of the molecule is C=CCC[Si](C)(c1ccccc1)c1ccccc1. The summed E-state index contributed by atoms with van der Waals surface area (Å²) in [6, 6.07) is 23.1. The molecule has 0 heterocycles. The van der Waals surface area contributed by atoms with E-state index in [4.69, 9.17) is 0 Å². The molecular weight excluding hydrogens is 232 g/mol. The monoisotopic (exact) mass is 252 g/mol. The number of rotatable bonds is 5. The van der Waals surface area contributed by atoms with Gasteiger partial charge in [-0.15, -0.1) is 6.58 Å². The molecule has 0 amide bonds. The summed E-state index contributed by atoms with van der Waals surface area (Å²) in [6.45, 7) is 6.33. The summed E-state index contributed by atoms with van der Waals surface area (Å²) in [6.07, 6.45) is 3.13. The van der Waals surface area contributed by atoms with Gasteiger partial charge in [0.2, 0.25) is 0 Å². The summed E-state index contributed by atoms with van der Waals surface area (Å²) in [4.78, 5) is 0. The van der Waals surface area contributed by atoms with Crippen LogP contribution in [0.15, 0.2) is 73.3 Å². The van der Waals surface area contributed by atoms with Crippen LogP contribution in [0.25, 0.3) is 0 Å². The lowest BCUT2D eigenvalue weighted by molar-refractivity contribution is 1.18. The van der Waals surface area contributed by atoms with E-state index in [1.807, 2.05) is 6.08 Å². The molecule has 0 N–H and O–H groups in total. The van der Waals surface area contributed by atoms with Crippen LogP contribution < -0.4 is 10.4 Å². The fourth-order valence-corrected chi connectivity index (χ4v) is 6.01. The normalized spacial score (nSPS) is 11.2. The maximum atomic E-state index is 3.87. The number of benzene rings is 2. The van der Waals surface area contributed by atoms with Crippen molar-refractivity contribution < 1.29 is 0 Å². The van der Waals surface area contributed by atoms with Crippen LogP contribution in [0.5, 0.6) is 0 Å². The molecule has 0 aromatic heterocycles. The molecule has 92 valence electrons. The summed E-state index contributed by atoms with van der Waals surface area (Å²) in [5, 5.41) is 3.02. The van der Waals surface area contributed by atoms with Crippen molar-refractivity contribution in [2.75, 3.05) is 0 Å². The molecule has 0 fully saturated rings. The molecule has 0 saturated heterocycles. The van der Waals surface area contributed by atoms with Gasteiger partial charge in [0.05, 0.1) is 0 Å². The highest BCUT2D eigenvalue weighted by Crippen LogP contribution is 2.13. The smallest absolute Gasteiger partial charge is 0.103 e. The Balaban J connectivity index is 2.44. The number of hydrogen-bond acceptors (Lipinski definition) is 0. The van der Waals surface area contributed by atoms with Gasteiger partial charge in [0, 0.05) is 0 Å². The predicted octanol–water partition coefficient (Wildman–Crippen LogP) is 3.46. The van der Waals surface area contributed by atoms with Gasteiger partial charge in [-0.3, -0.25) is 0 Å². The zero-order chi connectivity index (χ0) is 12.8. The highest BCUT2D eigenvalue weighted by molar-refractivity contribution is 7.01. The molecule has 0 unspecified atom stereocenters. The Labute approximate surface area is 111 Å². The maximum Gasteiger partial charge on any atom is 0.115 e. The molecule has 0 atom stereocenters. The molecule has 2 rings (SSSR count). The topological polar surface area (TPSA) is 0 Å². The average Bonchev–Trinajstić information content (AvgIpc) is 2.46. The van der Waals surface area contributed by atoms with E-state index in [1.54, 1.807) is 0 Å². The van der Waals surface area contributed by atoms with Crippen LogP contribution in [0.4, 0.5) is 0 Å². The molecule has 18 heavy (non-hydrogen) atoms. The van der Waals surface area contributed by atoms with Gasteiger partial charge in [-0.2, -0.15) is 0 Å². The average molecular weight is 252 g/mol. The lowest BCUT2D eigenvalue weighted by Gasteiger charge is -2.28. The van der Waals surface area contributed by atoms with Crippen molar-refractivity contribution in [3.05, 3.63) is 73.3 Å². The molecule has 1 heteroatoms. The van der Waals surface area contributed by atoms with E-state index in [9.17, 15) is 0 Å². The van der Waals surface area contributed by atoms with E-state index >= 15 is 0 Å². The quantitative estimate of drug-likeness (QED) is 0.565. The maximum absolute atomic E-state index is 3.87. The largest absolute Gasteiger partial charge is 0.115 e. The summed E-state index contributed by atoms with van der Waals surface area (Å²) in [7, 11) is -1.59. The van der Waals surface area contributed by atoms with Gasteiger partial charge in [-0.05, 0) is 12.5 Å². The molecule has 2 aromatic carbocycles. The van der Waals surface area contributed by atoms with E-state index in [0.717, 1.165) is 6.42 Å². The van der Waals surface area contributed by atoms with Crippen molar-refractivity contribution in [2.24, 2.45) is 0 Å². The molecule has 0 aliphatic rings. The Morgan fingerprint density at radius 1 is 0.889 bits per heavy atom. The van der Waals surface area contributed by atoms with E-state index in [0.29, 0.717) is 0 Å². The van der Waals surface area contributed by atoms with Crippen LogP contribution in [0.3, 0.4) is 0 Å². The zero-order valence-electron chi connectivity index (χ0n) is 11.0. The van der Waals surface area contributed by atoms with Gasteiger partial charge in [-0.1, -0.05) is 83.7 Å². The van der Waals surface area contributed by atoms with Crippen molar-refractivity contribution in [3.63, 3.8) is 0 Å². The summed E-state index contributed by atoms with van der Waals surface area (Å²) < 4.78 is 0. The highest BCUT2D eigenvalue weighted by Gasteiger charge is 2.30. The zero-order valence-corrected chi connectivity index (χ0v) is 12.0. The van der Waals surface area contributed by atoms with Crippen LogP contribution in [-0.4, -0.2) is 8.07 Å². The van der Waals surface area contributed by atoms with Crippen molar-refractivity contribution in [1.29, 1.82) is 0 Å². The van der Waals surface area contributed by atoms with Crippen molar-refractivity contribution >= 4 is 18.4 Å². The van der Waals surface area contributed by atoms with Gasteiger partial charge in [0.15, 0.2) is 0 Å². The predicted molar refractivity (Wildman–Crippen MR) is 83.4 cm³/mol. The molecular formula is C17H20Si. The van der Waals surface area contributed by atoms with E-state index in [1.165, 1.54) is 16.4 Å². The van der Waals surface area contributed by atoms with Crippen LogP contribution in [0.2, 0.25) is 12.6 Å². The first-order valence-electron chi connectivity index (χ1n) is 6.49. The molecule has 0 aliphatic heterocycles. The molecule has 0 aliphatic carbocycles. The van der Waals surface area contributed by atoms with Crippen LogP contribution in [0.1, 0.15) is 6.42 Å². The van der Waals surface area contributed by atoms with E-state index < -0.39 is 8.07 Å². The lowest BCUT2D eigenvalue weighted by atomic mass is 10.4. The standard InChI is InChI=1S/C17H20Si/c1-3-4-15-18(2,16-11-7-5-8-12-16)17-13-9-6-10-14-17/h3,5-14H,1,4,15H2,2H3. The van der Waals surface area contributed by atoms with Gasteiger partial charge in [-0.25, -0.2) is 0 Å². The Bertz CT molecular complexity index is 448. The first-order chi connectivity index (χ1) is 8.77. The minimum Gasteiger partial charge on any atom is -0.103 e. The third-order valence-corrected chi connectivity index (χ3v) is 8.17. The second-order valence-corrected chi connectivity index (χ2v) is 9.21. The first kappa shape index (κ1) is 12.8. The Kier molecular flexibility index (Phi) is 4.16. The van der Waals surface area contributed by atoms with Gasteiger partial charge >= 0.3 is 0 Å². The summed E-state index contributed by atoms with van der Waals surface area (Å²) >= 11 is 0. The van der Waals surface area contributed by atoms with Crippen LogP contribution in [0, 0.1) is 0 Å². The second-order valence-electron chi connectivity index (χ2n) is 4.89. The van der Waals surface area contributed by atoms with Gasteiger partial charge < -0.3 is 0 Å². The molecule has 0 bridgehead atoms. The third kappa shape index (κ3) is 2.62. The van der Waals surface area contributed by atoms with Gasteiger partial charge in [0.25, 0.3) is 0 Å². The fraction of sp³-hybridized carbons (Fsp3) is 0.176. The van der Waals surface area contributed by atoms with Crippen molar-refractivity contribution in [2.45, 2.75) is 19.0 Å². The molecule has 0 radical (unpaired) electrons. The fourth-order valence-electron chi connectivity index (χ4n) is 2.46. The Morgan fingerprint density at radius 3 is 1.72 bits per heavy atom. The Hall–Kier alpha value is -1.60. The van der Waals surface area contributed by atoms with Crippen LogP contribution in [-0.2, 0) is 0 Å². The van der Waals surface area contributed by atoms with Crippen molar-refractivity contribution in [1.82, 2.24) is 0 Å². The number of hydrogen-bond donors (Lipinski definition) is 0. The van der Waals surface area contributed by atoms with Crippen LogP contribution >= 0.6 is 0 Å². The lowest BCUT2D eigenvalue weighted by Crippen LogP contribution is -2.55. The summed E-state index contributed by atoms with van der Waals surface area (Å²) in [5.41, 5.74) is 0. The second kappa shape index (κ2) is 5.83. The number of allylic oxidation sites excluding steroid dienone is 1. The molecule has 0 nitrogen and oxygen atoms in total. The third-order valence-electron chi connectivity index (χ3n) is 3.67. The van der Waals surface area contributed by atoms with E-state index in [-0.39, 0.29) is 0 Å². The van der Waals surface area contributed by atoms with Gasteiger partial charge in [0.1, 0.15) is 8.07 Å². The molecule has 0 spiro atoms. The minimum absolute atomic E-state index is 1.09. The van der Waals surface area contributed by atoms with E-state index in [2.05, 4.69) is 73.8 Å². The minimum atomic E-state index is -1.59. The summed E-state index contributed by atoms with van der Waals surface area (Å²) in [5.74, 6) is 0. The molecule has 2 aromatic rings. The first-order valence-corrected chi connectivity index (χ1v) is 9.20. The highest BCUT2D eigenvalue weighted by atomic mass is 28.3. The Morgan fingerprint density at radius 2 is 1.33 bits per heavy atom. The van der Waals surface area contributed by atoms with Crippen molar-refractivity contribution in [3.8, 4) is 0 Å². The molecule has 0 saturated carbocycles.